The summed E-state index contributed by atoms with van der Waals surface area (Å²) >= 11 is 0. The first-order valence-corrected chi connectivity index (χ1v) is 6.79. The standard InChI is InChI=1S/C14H24O4/c1-11(2)6-7-12(15)17-10-13(16)18-14(3)8-4-5-9-14/h11H,4-10H2,1-3H3. The maximum Gasteiger partial charge on any atom is 0.344 e. The Morgan fingerprint density at radius 1 is 1.17 bits per heavy atom. The van der Waals surface area contributed by atoms with Crippen molar-refractivity contribution in [3.05, 3.63) is 0 Å². The fourth-order valence-corrected chi connectivity index (χ4v) is 2.15. The fraction of sp³-hybridized carbons (Fsp3) is 0.857. The van der Waals surface area contributed by atoms with Crippen LogP contribution in [0, 0.1) is 5.92 Å². The van der Waals surface area contributed by atoms with E-state index in [2.05, 4.69) is 0 Å². The third kappa shape index (κ3) is 5.52. The molecule has 0 atom stereocenters. The van der Waals surface area contributed by atoms with Crippen LogP contribution in [0.15, 0.2) is 0 Å². The van der Waals surface area contributed by atoms with Gasteiger partial charge < -0.3 is 9.47 Å². The molecule has 0 aromatic rings. The third-order valence-electron chi connectivity index (χ3n) is 3.30. The van der Waals surface area contributed by atoms with Gasteiger partial charge in [-0.25, -0.2) is 4.79 Å². The molecular weight excluding hydrogens is 232 g/mol. The second-order valence-electron chi connectivity index (χ2n) is 5.72. The van der Waals surface area contributed by atoms with Crippen LogP contribution in [0.5, 0.6) is 0 Å². The summed E-state index contributed by atoms with van der Waals surface area (Å²) in [6, 6.07) is 0. The minimum absolute atomic E-state index is 0.257. The van der Waals surface area contributed by atoms with Gasteiger partial charge in [0.15, 0.2) is 6.61 Å². The van der Waals surface area contributed by atoms with Gasteiger partial charge in [-0.15, -0.1) is 0 Å². The molecule has 0 aliphatic heterocycles. The molecule has 0 bridgehead atoms. The van der Waals surface area contributed by atoms with E-state index in [4.69, 9.17) is 9.47 Å². The predicted octanol–water partition coefficient (Wildman–Crippen LogP) is 2.84. The monoisotopic (exact) mass is 256 g/mol. The first-order chi connectivity index (χ1) is 8.41. The minimum atomic E-state index is -0.433. The number of hydrogen-bond donors (Lipinski definition) is 0. The zero-order valence-electron chi connectivity index (χ0n) is 11.7. The predicted molar refractivity (Wildman–Crippen MR) is 68.0 cm³/mol. The summed E-state index contributed by atoms with van der Waals surface area (Å²) in [5, 5.41) is 0. The zero-order chi connectivity index (χ0) is 13.6. The van der Waals surface area contributed by atoms with Crippen molar-refractivity contribution in [1.29, 1.82) is 0 Å². The molecule has 0 heterocycles. The normalized spacial score (nSPS) is 17.8. The Labute approximate surface area is 109 Å². The first-order valence-electron chi connectivity index (χ1n) is 6.79. The highest BCUT2D eigenvalue weighted by atomic mass is 16.6. The van der Waals surface area contributed by atoms with Crippen LogP contribution in [0.1, 0.15) is 59.3 Å². The highest BCUT2D eigenvalue weighted by molar-refractivity contribution is 5.76. The van der Waals surface area contributed by atoms with E-state index in [-0.39, 0.29) is 18.2 Å². The van der Waals surface area contributed by atoms with Crippen molar-refractivity contribution in [2.45, 2.75) is 64.9 Å². The highest BCUT2D eigenvalue weighted by Crippen LogP contribution is 2.32. The van der Waals surface area contributed by atoms with Crippen molar-refractivity contribution in [1.82, 2.24) is 0 Å². The Kier molecular flexibility index (Phi) is 5.63. The number of carbonyl (C=O) groups excluding carboxylic acids is 2. The van der Waals surface area contributed by atoms with Crippen LogP contribution >= 0.6 is 0 Å². The average Bonchev–Trinajstić information content (AvgIpc) is 2.70. The summed E-state index contributed by atoms with van der Waals surface area (Å²) in [5.74, 6) is -0.295. The van der Waals surface area contributed by atoms with E-state index in [1.165, 1.54) is 0 Å². The third-order valence-corrected chi connectivity index (χ3v) is 3.30. The molecule has 1 fully saturated rings. The molecular formula is C14H24O4. The van der Waals surface area contributed by atoms with Crippen molar-refractivity contribution < 1.29 is 19.1 Å². The lowest BCUT2D eigenvalue weighted by molar-refractivity contribution is -0.168. The van der Waals surface area contributed by atoms with Gasteiger partial charge in [0, 0.05) is 6.42 Å². The van der Waals surface area contributed by atoms with Crippen LogP contribution in [-0.4, -0.2) is 24.1 Å². The fourth-order valence-electron chi connectivity index (χ4n) is 2.15. The van der Waals surface area contributed by atoms with Gasteiger partial charge in [-0.2, -0.15) is 0 Å². The Hall–Kier alpha value is -1.06. The number of esters is 2. The lowest BCUT2D eigenvalue weighted by atomic mass is 10.1. The van der Waals surface area contributed by atoms with Gasteiger partial charge in [0.1, 0.15) is 5.60 Å². The van der Waals surface area contributed by atoms with Crippen LogP contribution in [-0.2, 0) is 19.1 Å². The molecule has 0 N–H and O–H groups in total. The number of carbonyl (C=O) groups is 2. The van der Waals surface area contributed by atoms with Crippen molar-refractivity contribution in [3.63, 3.8) is 0 Å². The van der Waals surface area contributed by atoms with Crippen LogP contribution in [0.25, 0.3) is 0 Å². The topological polar surface area (TPSA) is 52.6 Å². The van der Waals surface area contributed by atoms with E-state index in [0.29, 0.717) is 12.3 Å². The van der Waals surface area contributed by atoms with Gasteiger partial charge >= 0.3 is 11.9 Å². The molecule has 104 valence electrons. The summed E-state index contributed by atoms with van der Waals surface area (Å²) in [7, 11) is 0. The van der Waals surface area contributed by atoms with E-state index in [9.17, 15) is 9.59 Å². The SMILES string of the molecule is CC(C)CCC(=O)OCC(=O)OC1(C)CCCC1. The van der Waals surface area contributed by atoms with Gasteiger partial charge in [-0.3, -0.25) is 4.79 Å². The highest BCUT2D eigenvalue weighted by Gasteiger charge is 2.32. The van der Waals surface area contributed by atoms with Gasteiger partial charge in [0.2, 0.25) is 0 Å². The molecule has 0 aromatic carbocycles. The van der Waals surface area contributed by atoms with E-state index >= 15 is 0 Å². The van der Waals surface area contributed by atoms with Crippen LogP contribution in [0.4, 0.5) is 0 Å². The summed E-state index contributed by atoms with van der Waals surface area (Å²) in [6.45, 7) is 5.77. The second-order valence-corrected chi connectivity index (χ2v) is 5.72. The maximum atomic E-state index is 11.5. The average molecular weight is 256 g/mol. The largest absolute Gasteiger partial charge is 0.457 e. The van der Waals surface area contributed by atoms with Gasteiger partial charge in [-0.05, 0) is 44.9 Å². The second kappa shape index (κ2) is 6.76. The van der Waals surface area contributed by atoms with Crippen molar-refractivity contribution >= 4 is 11.9 Å². The number of rotatable bonds is 6. The van der Waals surface area contributed by atoms with Gasteiger partial charge in [0.05, 0.1) is 0 Å². The molecule has 0 unspecified atom stereocenters. The Morgan fingerprint density at radius 2 is 1.78 bits per heavy atom. The minimum Gasteiger partial charge on any atom is -0.457 e. The molecule has 0 spiro atoms. The summed E-state index contributed by atoms with van der Waals surface area (Å²) in [6.07, 6.45) is 5.14. The Bertz CT molecular complexity index is 290. The number of hydrogen-bond acceptors (Lipinski definition) is 4. The number of ether oxygens (including phenoxy) is 2. The van der Waals surface area contributed by atoms with Crippen LogP contribution in [0.3, 0.4) is 0 Å². The molecule has 18 heavy (non-hydrogen) atoms. The Balaban J connectivity index is 2.18. The van der Waals surface area contributed by atoms with Crippen molar-refractivity contribution in [2.75, 3.05) is 6.61 Å². The lowest BCUT2D eigenvalue weighted by Gasteiger charge is -2.23. The molecule has 4 heteroatoms. The summed E-state index contributed by atoms with van der Waals surface area (Å²) < 4.78 is 10.3. The van der Waals surface area contributed by atoms with Gasteiger partial charge in [-0.1, -0.05) is 13.8 Å². The quantitative estimate of drug-likeness (QED) is 0.686. The first kappa shape index (κ1) is 15.0. The Morgan fingerprint density at radius 3 is 2.33 bits per heavy atom. The van der Waals surface area contributed by atoms with Gasteiger partial charge in [0.25, 0.3) is 0 Å². The van der Waals surface area contributed by atoms with E-state index in [0.717, 1.165) is 32.1 Å². The lowest BCUT2D eigenvalue weighted by Crippen LogP contribution is -2.30. The van der Waals surface area contributed by atoms with E-state index in [1.54, 1.807) is 0 Å². The van der Waals surface area contributed by atoms with E-state index < -0.39 is 5.97 Å². The molecule has 0 saturated heterocycles. The smallest absolute Gasteiger partial charge is 0.344 e. The molecule has 0 aromatic heterocycles. The van der Waals surface area contributed by atoms with Crippen LogP contribution < -0.4 is 0 Å². The molecule has 1 rings (SSSR count). The molecule has 1 saturated carbocycles. The van der Waals surface area contributed by atoms with Crippen molar-refractivity contribution in [2.24, 2.45) is 5.92 Å². The summed E-state index contributed by atoms with van der Waals surface area (Å²) in [5.41, 5.74) is -0.346. The molecule has 1 aliphatic rings. The summed E-state index contributed by atoms with van der Waals surface area (Å²) in [4.78, 5) is 22.9. The van der Waals surface area contributed by atoms with Crippen molar-refractivity contribution in [3.8, 4) is 0 Å². The zero-order valence-corrected chi connectivity index (χ0v) is 11.7. The molecule has 0 amide bonds. The van der Waals surface area contributed by atoms with E-state index in [1.807, 2.05) is 20.8 Å². The van der Waals surface area contributed by atoms with Crippen LogP contribution in [0.2, 0.25) is 0 Å². The molecule has 4 nitrogen and oxygen atoms in total. The molecule has 0 radical (unpaired) electrons. The maximum absolute atomic E-state index is 11.5. The molecule has 1 aliphatic carbocycles.